The lowest BCUT2D eigenvalue weighted by atomic mass is 10.3. The molecule has 3 rings (SSSR count). The van der Waals surface area contributed by atoms with E-state index in [0.717, 1.165) is 12.1 Å². The summed E-state index contributed by atoms with van der Waals surface area (Å²) < 4.78 is 19.2. The second-order valence-corrected chi connectivity index (χ2v) is 5.48. The Hall–Kier alpha value is -3.00. The quantitative estimate of drug-likeness (QED) is 0.704. The van der Waals surface area contributed by atoms with Gasteiger partial charge in [0.15, 0.2) is 6.61 Å². The van der Waals surface area contributed by atoms with Crippen LogP contribution in [0.5, 0.6) is 0 Å². The predicted octanol–water partition coefficient (Wildman–Crippen LogP) is 2.41. The number of halogens is 2. The summed E-state index contributed by atoms with van der Waals surface area (Å²) in [6, 6.07) is 10.7. The lowest BCUT2D eigenvalue weighted by molar-refractivity contribution is -0.148. The maximum atomic E-state index is 13.0. The minimum Gasteiger partial charge on any atom is -0.454 e. The molecule has 0 aliphatic carbocycles. The van der Waals surface area contributed by atoms with Crippen molar-refractivity contribution < 1.29 is 18.7 Å². The van der Waals surface area contributed by atoms with Gasteiger partial charge >= 0.3 is 5.97 Å². The Labute approximate surface area is 146 Å². The number of rotatable bonds is 5. The standard InChI is InChI=1S/C16H12ClFN4O3/c17-11-7-10(18)5-6-12(11)19-15(23)9-25-16(24)8-22-14-4-2-1-3-13(14)20-21-22/h1-7H,8-9H2,(H,19,23). The van der Waals surface area contributed by atoms with Gasteiger partial charge in [-0.1, -0.05) is 28.9 Å². The molecule has 128 valence electrons. The van der Waals surface area contributed by atoms with Crippen LogP contribution in [0.3, 0.4) is 0 Å². The first kappa shape index (κ1) is 16.8. The third-order valence-corrected chi connectivity index (χ3v) is 3.58. The summed E-state index contributed by atoms with van der Waals surface area (Å²) in [5, 5.41) is 10.3. The van der Waals surface area contributed by atoms with Crippen molar-refractivity contribution in [1.82, 2.24) is 15.0 Å². The van der Waals surface area contributed by atoms with Crippen molar-refractivity contribution in [2.75, 3.05) is 11.9 Å². The zero-order valence-electron chi connectivity index (χ0n) is 12.8. The Balaban J connectivity index is 1.54. The van der Waals surface area contributed by atoms with E-state index in [1.807, 2.05) is 6.07 Å². The first-order valence-corrected chi connectivity index (χ1v) is 7.59. The van der Waals surface area contributed by atoms with Crippen molar-refractivity contribution in [1.29, 1.82) is 0 Å². The Morgan fingerprint density at radius 2 is 2.04 bits per heavy atom. The average Bonchev–Trinajstić information content (AvgIpc) is 2.99. The summed E-state index contributed by atoms with van der Waals surface area (Å²) in [4.78, 5) is 23.6. The highest BCUT2D eigenvalue weighted by Gasteiger charge is 2.12. The molecule has 0 atom stereocenters. The highest BCUT2D eigenvalue weighted by Crippen LogP contribution is 2.22. The molecular weight excluding hydrogens is 351 g/mol. The van der Waals surface area contributed by atoms with Crippen molar-refractivity contribution >= 4 is 40.2 Å². The second-order valence-electron chi connectivity index (χ2n) is 5.07. The SMILES string of the molecule is O=C(COC(=O)Cn1nnc2ccccc21)Nc1ccc(F)cc1Cl. The number of fused-ring (bicyclic) bond motifs is 1. The number of nitrogens with one attached hydrogen (secondary N) is 1. The molecule has 0 fully saturated rings. The van der Waals surface area contributed by atoms with Gasteiger partial charge in [-0.2, -0.15) is 0 Å². The number of carbonyl (C=O) groups excluding carboxylic acids is 2. The zero-order valence-corrected chi connectivity index (χ0v) is 13.5. The number of ether oxygens (including phenoxy) is 1. The number of hydrogen-bond acceptors (Lipinski definition) is 5. The van der Waals surface area contributed by atoms with Crippen molar-refractivity contribution in [3.05, 3.63) is 53.3 Å². The molecule has 0 saturated heterocycles. The van der Waals surface area contributed by atoms with E-state index in [9.17, 15) is 14.0 Å². The highest BCUT2D eigenvalue weighted by molar-refractivity contribution is 6.33. The van der Waals surface area contributed by atoms with Gasteiger partial charge in [0, 0.05) is 0 Å². The molecule has 7 nitrogen and oxygen atoms in total. The molecule has 25 heavy (non-hydrogen) atoms. The third-order valence-electron chi connectivity index (χ3n) is 3.27. The summed E-state index contributed by atoms with van der Waals surface area (Å²) in [6.45, 7) is -0.676. The van der Waals surface area contributed by atoms with E-state index in [-0.39, 0.29) is 17.3 Å². The van der Waals surface area contributed by atoms with Gasteiger partial charge in [-0.3, -0.25) is 9.59 Å². The molecule has 0 saturated carbocycles. The van der Waals surface area contributed by atoms with Crippen LogP contribution in [0.2, 0.25) is 5.02 Å². The van der Waals surface area contributed by atoms with Gasteiger partial charge in [0.2, 0.25) is 0 Å². The number of amides is 1. The van der Waals surface area contributed by atoms with Gasteiger partial charge in [0.1, 0.15) is 17.9 Å². The Morgan fingerprint density at radius 3 is 2.84 bits per heavy atom. The number of carbonyl (C=O) groups is 2. The first-order valence-electron chi connectivity index (χ1n) is 7.21. The molecule has 0 bridgehead atoms. The lowest BCUT2D eigenvalue weighted by Crippen LogP contribution is -2.23. The van der Waals surface area contributed by atoms with Gasteiger partial charge < -0.3 is 10.1 Å². The summed E-state index contributed by atoms with van der Waals surface area (Å²) in [5.41, 5.74) is 1.56. The topological polar surface area (TPSA) is 86.1 Å². The Kier molecular flexibility index (Phi) is 4.90. The van der Waals surface area contributed by atoms with E-state index in [4.69, 9.17) is 16.3 Å². The fourth-order valence-electron chi connectivity index (χ4n) is 2.13. The van der Waals surface area contributed by atoms with Gasteiger partial charge in [0.05, 0.1) is 16.2 Å². The van der Waals surface area contributed by atoms with Crippen molar-refractivity contribution in [2.45, 2.75) is 6.54 Å². The normalized spacial score (nSPS) is 10.6. The highest BCUT2D eigenvalue weighted by atomic mass is 35.5. The van der Waals surface area contributed by atoms with Crippen LogP contribution < -0.4 is 5.32 Å². The van der Waals surface area contributed by atoms with Crippen LogP contribution in [0.1, 0.15) is 0 Å². The molecule has 1 heterocycles. The molecule has 1 amide bonds. The Morgan fingerprint density at radius 1 is 1.24 bits per heavy atom. The van der Waals surface area contributed by atoms with Crippen molar-refractivity contribution in [2.24, 2.45) is 0 Å². The van der Waals surface area contributed by atoms with Gasteiger partial charge in [-0.15, -0.1) is 5.10 Å². The minimum atomic E-state index is -0.643. The first-order chi connectivity index (χ1) is 12.0. The second kappa shape index (κ2) is 7.27. The number of aromatic nitrogens is 3. The predicted molar refractivity (Wildman–Crippen MR) is 88.5 cm³/mol. The van der Waals surface area contributed by atoms with Crippen LogP contribution in [0.25, 0.3) is 11.0 Å². The van der Waals surface area contributed by atoms with Gasteiger partial charge in [-0.05, 0) is 30.3 Å². The molecular formula is C16H12ClFN4O3. The number of para-hydroxylation sites is 1. The van der Waals surface area contributed by atoms with E-state index in [0.29, 0.717) is 11.0 Å². The average molecular weight is 363 g/mol. The molecule has 0 aliphatic heterocycles. The minimum absolute atomic E-state index is 0.0498. The number of anilines is 1. The molecule has 0 radical (unpaired) electrons. The molecule has 0 unspecified atom stereocenters. The van der Waals surface area contributed by atoms with Crippen LogP contribution in [-0.4, -0.2) is 33.5 Å². The molecule has 0 spiro atoms. The fraction of sp³-hybridized carbons (Fsp3) is 0.125. The summed E-state index contributed by atoms with van der Waals surface area (Å²) >= 11 is 5.81. The van der Waals surface area contributed by atoms with Gasteiger partial charge in [0.25, 0.3) is 5.91 Å². The zero-order chi connectivity index (χ0) is 17.8. The molecule has 3 aromatic rings. The third kappa shape index (κ3) is 4.10. The van der Waals surface area contributed by atoms with Crippen LogP contribution in [0, 0.1) is 5.82 Å². The molecule has 9 heteroatoms. The number of benzene rings is 2. The number of hydrogen-bond donors (Lipinski definition) is 1. The van der Waals surface area contributed by atoms with E-state index >= 15 is 0 Å². The van der Waals surface area contributed by atoms with Crippen LogP contribution >= 0.6 is 11.6 Å². The summed E-state index contributed by atoms with van der Waals surface area (Å²) in [5.74, 6) is -1.75. The molecule has 1 N–H and O–H groups in total. The van der Waals surface area contributed by atoms with Crippen molar-refractivity contribution in [3.8, 4) is 0 Å². The fourth-order valence-corrected chi connectivity index (χ4v) is 2.34. The number of nitrogens with zero attached hydrogens (tertiary/aromatic N) is 3. The summed E-state index contributed by atoms with van der Waals surface area (Å²) in [6.07, 6.45) is 0. The van der Waals surface area contributed by atoms with Crippen LogP contribution in [0.4, 0.5) is 10.1 Å². The van der Waals surface area contributed by atoms with E-state index in [2.05, 4.69) is 15.6 Å². The monoisotopic (exact) mass is 362 g/mol. The maximum absolute atomic E-state index is 13.0. The maximum Gasteiger partial charge on any atom is 0.328 e. The van der Waals surface area contributed by atoms with Gasteiger partial charge in [-0.25, -0.2) is 9.07 Å². The largest absolute Gasteiger partial charge is 0.454 e. The molecule has 0 aliphatic rings. The summed E-state index contributed by atoms with van der Waals surface area (Å²) in [7, 11) is 0. The van der Waals surface area contributed by atoms with E-state index < -0.39 is 24.3 Å². The molecule has 1 aromatic heterocycles. The van der Waals surface area contributed by atoms with Crippen LogP contribution in [-0.2, 0) is 20.9 Å². The van der Waals surface area contributed by atoms with E-state index in [1.165, 1.54) is 10.7 Å². The van der Waals surface area contributed by atoms with Crippen LogP contribution in [0.15, 0.2) is 42.5 Å². The number of esters is 1. The Bertz CT molecular complexity index is 944. The smallest absolute Gasteiger partial charge is 0.328 e. The van der Waals surface area contributed by atoms with Crippen molar-refractivity contribution in [3.63, 3.8) is 0 Å². The molecule has 2 aromatic carbocycles. The van der Waals surface area contributed by atoms with E-state index in [1.54, 1.807) is 18.2 Å². The lowest BCUT2D eigenvalue weighted by Gasteiger charge is -2.08.